The van der Waals surface area contributed by atoms with Gasteiger partial charge in [-0.25, -0.2) is 0 Å². The van der Waals surface area contributed by atoms with Gasteiger partial charge in [0, 0.05) is 50.5 Å². The summed E-state index contributed by atoms with van der Waals surface area (Å²) in [6.07, 6.45) is 54.0. The third-order valence-electron chi connectivity index (χ3n) is 16.2. The molecule has 7 fully saturated rings. The van der Waals surface area contributed by atoms with E-state index < -0.39 is 0 Å². The monoisotopic (exact) mass is 719 g/mol. The summed E-state index contributed by atoms with van der Waals surface area (Å²) in [5.74, 6) is 3.32. The van der Waals surface area contributed by atoms with Crippen molar-refractivity contribution in [3.05, 3.63) is 24.3 Å². The fourth-order valence-corrected chi connectivity index (χ4v) is 13.0. The van der Waals surface area contributed by atoms with E-state index in [1.54, 1.807) is 0 Å². The highest BCUT2D eigenvalue weighted by atomic mass is 16.5. The van der Waals surface area contributed by atoms with Gasteiger partial charge in [0.1, 0.15) is 0 Å². The van der Waals surface area contributed by atoms with Gasteiger partial charge in [0.05, 0.1) is 12.2 Å². The number of hydrogen-bond acceptors (Lipinski definition) is 4. The molecule has 0 unspecified atom stereocenters. The quantitative estimate of drug-likeness (QED) is 0.188. The van der Waals surface area contributed by atoms with Gasteiger partial charge >= 0.3 is 0 Å². The molecule has 0 aromatic heterocycles. The van der Waals surface area contributed by atoms with E-state index in [0.29, 0.717) is 12.2 Å². The van der Waals surface area contributed by atoms with Crippen molar-refractivity contribution in [2.24, 2.45) is 23.7 Å². The first-order valence-corrected chi connectivity index (χ1v) is 23.6. The van der Waals surface area contributed by atoms with Gasteiger partial charge in [0.2, 0.25) is 0 Å². The molecule has 4 heteroatoms. The maximum Gasteiger partial charge on any atom is 0.0572 e. The molecule has 0 aromatic rings. The Labute approximate surface area is 321 Å². The Morgan fingerprint density at radius 3 is 0.788 bits per heavy atom. The molecule has 7 aliphatic rings. The van der Waals surface area contributed by atoms with Crippen LogP contribution in [-0.4, -0.2) is 72.5 Å². The number of ether oxygens (including phenoxy) is 2. The molecule has 0 saturated heterocycles. The zero-order chi connectivity index (χ0) is 35.5. The topological polar surface area (TPSA) is 24.9 Å². The second-order valence-corrected chi connectivity index (χ2v) is 19.4. The SMILES string of the molecule is COC1CCC(N(C2CCCCC2)C2CCC(C=CC3CCC(C=CC4CCC(N(C5CCCCC5)C5CCC(OC)CC5)CC4)CC3)CC2)CC1. The zero-order valence-electron chi connectivity index (χ0n) is 34.2. The molecule has 0 atom stereocenters. The Morgan fingerprint density at radius 2 is 0.519 bits per heavy atom. The molecule has 0 heterocycles. The lowest BCUT2D eigenvalue weighted by molar-refractivity contribution is -0.0122. The maximum atomic E-state index is 5.76. The Morgan fingerprint density at radius 1 is 0.288 bits per heavy atom. The van der Waals surface area contributed by atoms with E-state index in [0.717, 1.165) is 59.9 Å². The molecular formula is C48H82N2O2. The number of nitrogens with zero attached hydrogens (tertiary/aromatic N) is 2. The van der Waals surface area contributed by atoms with Crippen molar-refractivity contribution in [1.29, 1.82) is 0 Å². The van der Waals surface area contributed by atoms with E-state index in [4.69, 9.17) is 9.47 Å². The highest BCUT2D eigenvalue weighted by Crippen LogP contribution is 2.41. The Bertz CT molecular complexity index is 954. The molecule has 0 aliphatic heterocycles. The smallest absolute Gasteiger partial charge is 0.0572 e. The van der Waals surface area contributed by atoms with E-state index in [1.807, 2.05) is 14.2 Å². The fourth-order valence-electron chi connectivity index (χ4n) is 13.0. The largest absolute Gasteiger partial charge is 0.381 e. The third kappa shape index (κ3) is 10.8. The lowest BCUT2D eigenvalue weighted by atomic mass is 9.78. The lowest BCUT2D eigenvalue weighted by Crippen LogP contribution is -2.52. The van der Waals surface area contributed by atoms with Crippen molar-refractivity contribution in [2.45, 2.75) is 241 Å². The van der Waals surface area contributed by atoms with Gasteiger partial charge in [0.25, 0.3) is 0 Å². The predicted molar refractivity (Wildman–Crippen MR) is 219 cm³/mol. The molecule has 0 radical (unpaired) electrons. The molecule has 7 saturated carbocycles. The molecule has 0 N–H and O–H groups in total. The summed E-state index contributed by atoms with van der Waals surface area (Å²) in [4.78, 5) is 6.24. The second kappa shape index (κ2) is 20.5. The average molecular weight is 719 g/mol. The maximum absolute atomic E-state index is 5.76. The van der Waals surface area contributed by atoms with Crippen molar-refractivity contribution in [1.82, 2.24) is 9.80 Å². The van der Waals surface area contributed by atoms with Gasteiger partial charge in [-0.05, 0) is 178 Å². The van der Waals surface area contributed by atoms with Gasteiger partial charge in [-0.15, -0.1) is 0 Å². The molecular weight excluding hydrogens is 637 g/mol. The Balaban J connectivity index is 0.821. The summed E-state index contributed by atoms with van der Waals surface area (Å²) in [7, 11) is 3.85. The summed E-state index contributed by atoms with van der Waals surface area (Å²) in [5, 5.41) is 0. The van der Waals surface area contributed by atoms with Crippen LogP contribution in [0.1, 0.15) is 193 Å². The number of rotatable bonds is 12. The molecule has 52 heavy (non-hydrogen) atoms. The van der Waals surface area contributed by atoms with Gasteiger partial charge in [-0.1, -0.05) is 62.8 Å². The van der Waals surface area contributed by atoms with Crippen LogP contribution < -0.4 is 0 Å². The van der Waals surface area contributed by atoms with Crippen molar-refractivity contribution >= 4 is 0 Å². The highest BCUT2D eigenvalue weighted by Gasteiger charge is 2.38. The predicted octanol–water partition coefficient (Wildman–Crippen LogP) is 12.2. The molecule has 0 aromatic carbocycles. The lowest BCUT2D eigenvalue weighted by Gasteiger charge is -2.48. The third-order valence-corrected chi connectivity index (χ3v) is 16.2. The number of hydrogen-bond donors (Lipinski definition) is 0. The first kappa shape index (κ1) is 39.6. The zero-order valence-corrected chi connectivity index (χ0v) is 34.2. The van der Waals surface area contributed by atoms with E-state index >= 15 is 0 Å². The first-order chi connectivity index (χ1) is 25.7. The highest BCUT2D eigenvalue weighted by molar-refractivity contribution is 5.02. The van der Waals surface area contributed by atoms with Gasteiger partial charge < -0.3 is 9.47 Å². The Hall–Kier alpha value is -0.680. The van der Waals surface area contributed by atoms with Crippen LogP contribution in [0.5, 0.6) is 0 Å². The summed E-state index contributed by atoms with van der Waals surface area (Å²) < 4.78 is 11.5. The van der Waals surface area contributed by atoms with Crippen molar-refractivity contribution < 1.29 is 9.47 Å². The van der Waals surface area contributed by atoms with E-state index in [2.05, 4.69) is 34.1 Å². The number of methoxy groups -OCH3 is 2. The summed E-state index contributed by atoms with van der Waals surface area (Å²) in [6, 6.07) is 5.04. The minimum absolute atomic E-state index is 0.514. The van der Waals surface area contributed by atoms with Gasteiger partial charge in [-0.3, -0.25) is 9.80 Å². The summed E-state index contributed by atoms with van der Waals surface area (Å²) in [5.41, 5.74) is 0. The molecule has 296 valence electrons. The van der Waals surface area contributed by atoms with Crippen LogP contribution in [0.4, 0.5) is 0 Å². The van der Waals surface area contributed by atoms with Crippen molar-refractivity contribution in [3.63, 3.8) is 0 Å². The Kier molecular flexibility index (Phi) is 15.6. The standard InChI is InChI=1S/C48H82N2O2/c1-51-47-33-29-45(30-34-47)49(41-9-5-3-6-10-41)43-25-21-39(22-26-43)19-17-37-13-15-38(16-14-37)18-20-40-23-27-44(28-24-40)50(42-11-7-4-8-12-42)46-31-35-48(52-2)36-32-46/h17-20,37-48H,3-16,21-36H2,1-2H3. The average Bonchev–Trinajstić information content (AvgIpc) is 3.22. The van der Waals surface area contributed by atoms with Crippen LogP contribution in [0.15, 0.2) is 24.3 Å². The second-order valence-electron chi connectivity index (χ2n) is 19.4. The van der Waals surface area contributed by atoms with Crippen LogP contribution in [0.25, 0.3) is 0 Å². The van der Waals surface area contributed by atoms with Crippen LogP contribution in [0, 0.1) is 23.7 Å². The summed E-state index contributed by atoms with van der Waals surface area (Å²) in [6.45, 7) is 0. The number of allylic oxidation sites excluding steroid dienone is 4. The van der Waals surface area contributed by atoms with E-state index in [-0.39, 0.29) is 0 Å². The van der Waals surface area contributed by atoms with Gasteiger partial charge in [-0.2, -0.15) is 0 Å². The minimum Gasteiger partial charge on any atom is -0.381 e. The molecule has 0 bridgehead atoms. The summed E-state index contributed by atoms with van der Waals surface area (Å²) >= 11 is 0. The molecule has 4 nitrogen and oxygen atoms in total. The minimum atomic E-state index is 0.514. The fraction of sp³-hybridized carbons (Fsp3) is 0.917. The van der Waals surface area contributed by atoms with Crippen LogP contribution in [0.2, 0.25) is 0 Å². The van der Waals surface area contributed by atoms with E-state index in [1.165, 1.54) is 193 Å². The molecule has 0 spiro atoms. The van der Waals surface area contributed by atoms with E-state index in [9.17, 15) is 0 Å². The van der Waals surface area contributed by atoms with Crippen LogP contribution >= 0.6 is 0 Å². The normalized spacial score (nSPS) is 39.5. The van der Waals surface area contributed by atoms with Crippen LogP contribution in [0.3, 0.4) is 0 Å². The first-order valence-electron chi connectivity index (χ1n) is 23.6. The molecule has 0 amide bonds. The molecule has 7 rings (SSSR count). The van der Waals surface area contributed by atoms with Crippen molar-refractivity contribution in [2.75, 3.05) is 14.2 Å². The van der Waals surface area contributed by atoms with Crippen molar-refractivity contribution in [3.8, 4) is 0 Å². The molecule has 7 aliphatic carbocycles. The van der Waals surface area contributed by atoms with Gasteiger partial charge in [0.15, 0.2) is 0 Å². The van der Waals surface area contributed by atoms with Crippen LogP contribution in [-0.2, 0) is 9.47 Å².